The molecule has 7 nitrogen and oxygen atoms in total. The molecule has 0 fully saturated rings. The molecule has 4 N–H and O–H groups in total. The maximum atomic E-state index is 11.1. The topological polar surface area (TPSA) is 91.1 Å². The fourth-order valence-electron chi connectivity index (χ4n) is 2.76. The molecule has 0 aromatic heterocycles. The molecule has 0 bridgehead atoms. The van der Waals surface area contributed by atoms with Gasteiger partial charge in [-0.2, -0.15) is 0 Å². The van der Waals surface area contributed by atoms with Crippen molar-refractivity contribution in [1.29, 1.82) is 0 Å². The van der Waals surface area contributed by atoms with Crippen molar-refractivity contribution in [2.75, 3.05) is 17.0 Å². The van der Waals surface area contributed by atoms with Crippen LogP contribution < -0.4 is 16.2 Å². The van der Waals surface area contributed by atoms with Crippen LogP contribution in [0.2, 0.25) is 0 Å². The number of ether oxygens (including phenoxy) is 1. The van der Waals surface area contributed by atoms with Crippen LogP contribution in [0.4, 0.5) is 17.1 Å². The van der Waals surface area contributed by atoms with Gasteiger partial charge in [0.2, 0.25) is 0 Å². The van der Waals surface area contributed by atoms with Gasteiger partial charge >= 0.3 is 5.97 Å². The second-order valence-electron chi connectivity index (χ2n) is 5.51. The highest BCUT2D eigenvalue weighted by Crippen LogP contribution is 2.38. The number of nitrogens with zero attached hydrogens (tertiary/aromatic N) is 2. The lowest BCUT2D eigenvalue weighted by molar-refractivity contribution is -0.137. The van der Waals surface area contributed by atoms with Gasteiger partial charge in [-0.05, 0) is 35.4 Å². The number of esters is 1. The van der Waals surface area contributed by atoms with E-state index in [9.17, 15) is 10.0 Å². The number of anilines is 3. The van der Waals surface area contributed by atoms with Crippen molar-refractivity contribution in [2.24, 2.45) is 5.73 Å². The quantitative estimate of drug-likeness (QED) is 0.550. The van der Waals surface area contributed by atoms with E-state index < -0.39 is 5.97 Å². The third-order valence-corrected chi connectivity index (χ3v) is 3.98. The number of fused-ring (bicyclic) bond motifs is 1. The summed E-state index contributed by atoms with van der Waals surface area (Å²) in [6.07, 6.45) is 1.70. The predicted octanol–water partition coefficient (Wildman–Crippen LogP) is 2.50. The molecule has 2 aromatic carbocycles. The van der Waals surface area contributed by atoms with Crippen LogP contribution in [-0.2, 0) is 22.5 Å². The van der Waals surface area contributed by atoms with Crippen LogP contribution >= 0.6 is 0 Å². The van der Waals surface area contributed by atoms with Gasteiger partial charge in [-0.3, -0.25) is 10.6 Å². The zero-order chi connectivity index (χ0) is 17.8. The van der Waals surface area contributed by atoms with Gasteiger partial charge in [-0.15, -0.1) is 0 Å². The van der Waals surface area contributed by atoms with Crippen molar-refractivity contribution in [1.82, 2.24) is 5.28 Å². The second-order valence-corrected chi connectivity index (χ2v) is 5.51. The summed E-state index contributed by atoms with van der Waals surface area (Å²) in [5.74, 6) is -0.443. The van der Waals surface area contributed by atoms with E-state index in [2.05, 4.69) is 12.0 Å². The Hall–Kier alpha value is -2.87. The average Bonchev–Trinajstić information content (AvgIpc) is 2.97. The fraction of sp³-hybridized carbons (Fsp3) is 0.167. The van der Waals surface area contributed by atoms with Crippen molar-refractivity contribution in [2.45, 2.75) is 13.0 Å². The predicted molar refractivity (Wildman–Crippen MR) is 95.0 cm³/mol. The number of carbonyl (C=O) groups excluding carboxylic acids is 1. The van der Waals surface area contributed by atoms with E-state index in [1.165, 1.54) is 0 Å². The van der Waals surface area contributed by atoms with Crippen molar-refractivity contribution in [3.63, 3.8) is 0 Å². The Balaban J connectivity index is 1.82. The van der Waals surface area contributed by atoms with E-state index >= 15 is 0 Å². The van der Waals surface area contributed by atoms with E-state index in [0.29, 0.717) is 13.0 Å². The molecule has 130 valence electrons. The number of para-hydroxylation sites is 2. The zero-order valence-corrected chi connectivity index (χ0v) is 13.7. The minimum Gasteiger partial charge on any atom is -0.462 e. The van der Waals surface area contributed by atoms with E-state index in [1.807, 2.05) is 42.5 Å². The Bertz CT molecular complexity index is 794. The van der Waals surface area contributed by atoms with Crippen LogP contribution in [0.15, 0.2) is 55.1 Å². The number of hydrogen-bond acceptors (Lipinski definition) is 7. The second kappa shape index (κ2) is 7.35. The number of carbonyl (C=O) groups is 1. The van der Waals surface area contributed by atoms with Gasteiger partial charge in [0.25, 0.3) is 0 Å². The molecule has 1 aliphatic heterocycles. The lowest BCUT2D eigenvalue weighted by atomic mass is 10.0. The van der Waals surface area contributed by atoms with Gasteiger partial charge in [0, 0.05) is 24.3 Å². The van der Waals surface area contributed by atoms with Gasteiger partial charge in [0.15, 0.2) is 0 Å². The molecule has 0 atom stereocenters. The number of nitrogens with two attached hydrogens (primary N) is 1. The Morgan fingerprint density at radius 1 is 1.28 bits per heavy atom. The molecule has 2 aromatic rings. The van der Waals surface area contributed by atoms with Crippen LogP contribution in [0, 0.1) is 0 Å². The number of benzene rings is 2. The first-order valence-electron chi connectivity index (χ1n) is 7.90. The fourth-order valence-corrected chi connectivity index (χ4v) is 2.76. The highest BCUT2D eigenvalue weighted by atomic mass is 16.6. The van der Waals surface area contributed by atoms with Gasteiger partial charge in [-0.1, -0.05) is 24.8 Å². The molecular weight excluding hydrogens is 320 g/mol. The summed E-state index contributed by atoms with van der Waals surface area (Å²) in [6.45, 7) is 3.97. The molecule has 25 heavy (non-hydrogen) atoms. The highest BCUT2D eigenvalue weighted by molar-refractivity contribution is 5.81. The maximum absolute atomic E-state index is 11.1. The Morgan fingerprint density at radius 3 is 2.84 bits per heavy atom. The van der Waals surface area contributed by atoms with Crippen molar-refractivity contribution in [3.05, 3.63) is 66.2 Å². The highest BCUT2D eigenvalue weighted by Gasteiger charge is 2.27. The van der Waals surface area contributed by atoms with Crippen LogP contribution in [0.5, 0.6) is 0 Å². The zero-order valence-electron chi connectivity index (χ0n) is 13.7. The van der Waals surface area contributed by atoms with Gasteiger partial charge in [-0.25, -0.2) is 9.80 Å². The summed E-state index contributed by atoms with van der Waals surface area (Å²) < 4.78 is 5.02. The maximum Gasteiger partial charge on any atom is 0.330 e. The van der Waals surface area contributed by atoms with Gasteiger partial charge < -0.3 is 10.5 Å². The summed E-state index contributed by atoms with van der Waals surface area (Å²) in [4.78, 5) is 11.1. The van der Waals surface area contributed by atoms with Crippen LogP contribution in [0.1, 0.15) is 11.1 Å². The van der Waals surface area contributed by atoms with E-state index in [0.717, 1.165) is 39.5 Å². The molecule has 0 saturated heterocycles. The third-order valence-electron chi connectivity index (χ3n) is 3.98. The normalized spacial score (nSPS) is 13.3. The molecule has 0 saturated carbocycles. The number of nitrogens with one attached hydrogen (secondary N) is 1. The first-order chi connectivity index (χ1) is 12.1. The van der Waals surface area contributed by atoms with E-state index in [-0.39, 0.29) is 6.61 Å². The van der Waals surface area contributed by atoms with Gasteiger partial charge in [0.1, 0.15) is 0 Å². The molecule has 0 spiro atoms. The lowest BCUT2D eigenvalue weighted by Crippen LogP contribution is -2.35. The Labute approximate surface area is 145 Å². The van der Waals surface area contributed by atoms with Gasteiger partial charge in [0.05, 0.1) is 23.7 Å². The van der Waals surface area contributed by atoms with Crippen molar-refractivity contribution in [3.8, 4) is 0 Å². The molecule has 3 rings (SSSR count). The first kappa shape index (κ1) is 17.0. The Kier molecular flexibility index (Phi) is 4.99. The standard InChI is InChI=1S/C18H20N4O3/c1-2-18(23)25-10-9-13-7-8-15(11-14(13)12-19)21-17-6-4-3-5-16(17)20-22(21)24/h2-8,11,20,24H,1,9-10,12,19H2. The van der Waals surface area contributed by atoms with Crippen LogP contribution in [0.3, 0.4) is 0 Å². The summed E-state index contributed by atoms with van der Waals surface area (Å²) in [5.41, 5.74) is 13.1. The smallest absolute Gasteiger partial charge is 0.330 e. The monoisotopic (exact) mass is 340 g/mol. The molecular formula is C18H20N4O3. The largest absolute Gasteiger partial charge is 0.462 e. The molecule has 1 heterocycles. The molecule has 0 aliphatic carbocycles. The molecule has 0 radical (unpaired) electrons. The number of rotatable bonds is 6. The Morgan fingerprint density at radius 2 is 2.08 bits per heavy atom. The molecule has 7 heteroatoms. The number of hydrogen-bond donors (Lipinski definition) is 3. The van der Waals surface area contributed by atoms with E-state index in [1.54, 1.807) is 5.01 Å². The third kappa shape index (κ3) is 3.48. The lowest BCUT2D eigenvalue weighted by Gasteiger charge is -2.24. The minimum atomic E-state index is -0.443. The van der Waals surface area contributed by atoms with Crippen molar-refractivity contribution < 1.29 is 14.7 Å². The average molecular weight is 340 g/mol. The summed E-state index contributed by atoms with van der Waals surface area (Å²) >= 11 is 0. The molecule has 1 aliphatic rings. The van der Waals surface area contributed by atoms with Crippen molar-refractivity contribution >= 4 is 23.0 Å². The molecule has 0 amide bonds. The van der Waals surface area contributed by atoms with Crippen LogP contribution in [0.25, 0.3) is 0 Å². The summed E-state index contributed by atoms with van der Waals surface area (Å²) in [6, 6.07) is 13.3. The number of hydrazine groups is 2. The molecule has 0 unspecified atom stereocenters. The van der Waals surface area contributed by atoms with E-state index in [4.69, 9.17) is 10.5 Å². The first-order valence-corrected chi connectivity index (χ1v) is 7.90. The summed E-state index contributed by atoms with van der Waals surface area (Å²) in [7, 11) is 0. The SMILES string of the molecule is C=CC(=O)OCCc1ccc(N2c3ccccc3NN2O)cc1CN. The minimum absolute atomic E-state index is 0.261. The summed E-state index contributed by atoms with van der Waals surface area (Å²) in [5, 5.41) is 12.8. The van der Waals surface area contributed by atoms with Crippen LogP contribution in [-0.4, -0.2) is 23.1 Å².